The Labute approximate surface area is 128 Å². The highest BCUT2D eigenvalue weighted by atomic mass is 35.5. The molecule has 1 heterocycles. The smallest absolute Gasteiger partial charge is 0.339 e. The highest BCUT2D eigenvalue weighted by molar-refractivity contribution is 7.16. The van der Waals surface area contributed by atoms with E-state index in [-0.39, 0.29) is 28.0 Å². The van der Waals surface area contributed by atoms with Crippen LogP contribution in [0.15, 0.2) is 24.3 Å². The van der Waals surface area contributed by atoms with Crippen LogP contribution in [0.4, 0.5) is 0 Å². The molecule has 0 atom stereocenters. The van der Waals surface area contributed by atoms with E-state index in [1.807, 2.05) is 0 Å². The third-order valence-electron chi connectivity index (χ3n) is 2.23. The highest BCUT2D eigenvalue weighted by Crippen LogP contribution is 2.33. The lowest BCUT2D eigenvalue weighted by Gasteiger charge is -2.10. The molecule has 2 aromatic rings. The Balaban J connectivity index is 2.26. The molecule has 0 spiro atoms. The number of carboxylic acids is 1. The summed E-state index contributed by atoms with van der Waals surface area (Å²) in [6, 6.07) is 6.28. The molecule has 0 fully saturated rings. The van der Waals surface area contributed by atoms with Gasteiger partial charge in [-0.1, -0.05) is 34.8 Å². The summed E-state index contributed by atoms with van der Waals surface area (Å²) < 4.78 is 6.10. The van der Waals surface area contributed by atoms with Crippen LogP contribution < -0.4 is 4.74 Å². The Bertz CT molecular complexity index is 625. The van der Waals surface area contributed by atoms with Crippen molar-refractivity contribution in [3.8, 4) is 5.75 Å². The van der Waals surface area contributed by atoms with Crippen LogP contribution in [0, 0.1) is 0 Å². The molecule has 0 aliphatic rings. The third-order valence-corrected chi connectivity index (χ3v) is 3.93. The van der Waals surface area contributed by atoms with Crippen LogP contribution in [0.1, 0.15) is 15.2 Å². The van der Waals surface area contributed by atoms with E-state index in [2.05, 4.69) is 0 Å². The standard InChI is InChI=1S/C12H7Cl3O3S/c13-6-3-8(12(16)17)11(9(14)4-6)18-5-7-1-2-10(15)19-7/h1-4H,5H2,(H,16,17). The van der Waals surface area contributed by atoms with Gasteiger partial charge in [0.25, 0.3) is 0 Å². The van der Waals surface area contributed by atoms with Crippen molar-refractivity contribution in [2.45, 2.75) is 6.61 Å². The number of ether oxygens (including phenoxy) is 1. The predicted octanol–water partition coefficient (Wildman–Crippen LogP) is 4.99. The number of thiophene rings is 1. The van der Waals surface area contributed by atoms with E-state index in [0.29, 0.717) is 4.34 Å². The van der Waals surface area contributed by atoms with Gasteiger partial charge >= 0.3 is 5.97 Å². The monoisotopic (exact) mass is 336 g/mol. The van der Waals surface area contributed by atoms with Crippen molar-refractivity contribution >= 4 is 52.1 Å². The quantitative estimate of drug-likeness (QED) is 0.855. The predicted molar refractivity (Wildman–Crippen MR) is 77.1 cm³/mol. The molecule has 1 aromatic carbocycles. The van der Waals surface area contributed by atoms with Crippen molar-refractivity contribution in [3.63, 3.8) is 0 Å². The maximum Gasteiger partial charge on any atom is 0.339 e. The maximum absolute atomic E-state index is 11.1. The van der Waals surface area contributed by atoms with E-state index in [9.17, 15) is 4.79 Å². The van der Waals surface area contributed by atoms with Crippen molar-refractivity contribution in [1.82, 2.24) is 0 Å². The number of hydrogen-bond donors (Lipinski definition) is 1. The second kappa shape index (κ2) is 6.01. The van der Waals surface area contributed by atoms with Gasteiger partial charge in [0, 0.05) is 9.90 Å². The van der Waals surface area contributed by atoms with Gasteiger partial charge in [-0.25, -0.2) is 4.79 Å². The number of benzene rings is 1. The number of rotatable bonds is 4. The van der Waals surface area contributed by atoms with E-state index < -0.39 is 5.97 Å². The van der Waals surface area contributed by atoms with Crippen LogP contribution in [0.5, 0.6) is 5.75 Å². The van der Waals surface area contributed by atoms with Gasteiger partial charge < -0.3 is 9.84 Å². The molecule has 0 bridgehead atoms. The Kier molecular flexibility index (Phi) is 4.58. The largest absolute Gasteiger partial charge is 0.486 e. The summed E-state index contributed by atoms with van der Waals surface area (Å²) in [6.45, 7) is 0.193. The minimum absolute atomic E-state index is 0.0693. The number of carbonyl (C=O) groups is 1. The summed E-state index contributed by atoms with van der Waals surface area (Å²) in [6.07, 6.45) is 0. The molecule has 1 aromatic heterocycles. The molecule has 0 aliphatic heterocycles. The van der Waals surface area contributed by atoms with Gasteiger partial charge in [-0.05, 0) is 24.3 Å². The normalized spacial score (nSPS) is 10.5. The van der Waals surface area contributed by atoms with Crippen LogP contribution in [-0.2, 0) is 6.61 Å². The van der Waals surface area contributed by atoms with E-state index in [1.54, 1.807) is 12.1 Å². The Morgan fingerprint density at radius 3 is 2.58 bits per heavy atom. The lowest BCUT2D eigenvalue weighted by molar-refractivity contribution is 0.0692. The summed E-state index contributed by atoms with van der Waals surface area (Å²) in [5.41, 5.74) is -0.0693. The molecule has 3 nitrogen and oxygen atoms in total. The Morgan fingerprint density at radius 1 is 1.26 bits per heavy atom. The zero-order valence-electron chi connectivity index (χ0n) is 9.32. The number of aromatic carboxylic acids is 1. The molecule has 100 valence electrons. The van der Waals surface area contributed by atoms with Crippen molar-refractivity contribution in [3.05, 3.63) is 49.1 Å². The summed E-state index contributed by atoms with van der Waals surface area (Å²) in [5.74, 6) is -1.05. The van der Waals surface area contributed by atoms with Gasteiger partial charge in [0.2, 0.25) is 0 Å². The summed E-state index contributed by atoms with van der Waals surface area (Å²) in [7, 11) is 0. The van der Waals surface area contributed by atoms with E-state index >= 15 is 0 Å². The third kappa shape index (κ3) is 3.54. The fourth-order valence-electron chi connectivity index (χ4n) is 1.44. The van der Waals surface area contributed by atoms with Crippen LogP contribution in [0.25, 0.3) is 0 Å². The Hall–Kier alpha value is -0.940. The first kappa shape index (κ1) is 14.5. The molecule has 0 aliphatic carbocycles. The molecule has 1 N–H and O–H groups in total. The molecular formula is C12H7Cl3O3S. The van der Waals surface area contributed by atoms with Crippen LogP contribution in [0.2, 0.25) is 14.4 Å². The Morgan fingerprint density at radius 2 is 2.00 bits per heavy atom. The summed E-state index contributed by atoms with van der Waals surface area (Å²) in [4.78, 5) is 12.0. The molecule has 0 saturated heterocycles. The van der Waals surface area contributed by atoms with Gasteiger partial charge in [0.15, 0.2) is 5.75 Å². The minimum Gasteiger partial charge on any atom is -0.486 e. The topological polar surface area (TPSA) is 46.5 Å². The van der Waals surface area contributed by atoms with Gasteiger partial charge in [0.1, 0.15) is 12.2 Å². The first-order chi connectivity index (χ1) is 8.97. The zero-order valence-corrected chi connectivity index (χ0v) is 12.4. The number of halogens is 3. The fraction of sp³-hybridized carbons (Fsp3) is 0.0833. The fourth-order valence-corrected chi connectivity index (χ4v) is 2.99. The number of carboxylic acid groups (broad SMARTS) is 1. The number of hydrogen-bond acceptors (Lipinski definition) is 3. The molecular weight excluding hydrogens is 331 g/mol. The van der Waals surface area contributed by atoms with E-state index in [1.165, 1.54) is 23.5 Å². The molecule has 0 saturated carbocycles. The molecule has 19 heavy (non-hydrogen) atoms. The summed E-state index contributed by atoms with van der Waals surface area (Å²) >= 11 is 18.9. The first-order valence-corrected chi connectivity index (χ1v) is 7.02. The van der Waals surface area contributed by atoms with E-state index in [0.717, 1.165) is 4.88 Å². The maximum atomic E-state index is 11.1. The second-order valence-electron chi connectivity index (χ2n) is 3.56. The average molecular weight is 338 g/mol. The first-order valence-electron chi connectivity index (χ1n) is 5.06. The highest BCUT2D eigenvalue weighted by Gasteiger charge is 2.17. The average Bonchev–Trinajstić information content (AvgIpc) is 2.73. The van der Waals surface area contributed by atoms with Gasteiger partial charge in [-0.3, -0.25) is 0 Å². The molecule has 2 rings (SSSR count). The zero-order chi connectivity index (χ0) is 14.0. The van der Waals surface area contributed by atoms with Gasteiger partial charge in [-0.15, -0.1) is 11.3 Å². The van der Waals surface area contributed by atoms with Gasteiger partial charge in [-0.2, -0.15) is 0 Å². The van der Waals surface area contributed by atoms with Crippen molar-refractivity contribution < 1.29 is 14.6 Å². The summed E-state index contributed by atoms with van der Waals surface area (Å²) in [5, 5.41) is 9.50. The molecule has 0 unspecified atom stereocenters. The molecule has 0 amide bonds. The van der Waals surface area contributed by atoms with Crippen molar-refractivity contribution in [2.24, 2.45) is 0 Å². The second-order valence-corrected chi connectivity index (χ2v) is 6.21. The van der Waals surface area contributed by atoms with Gasteiger partial charge in [0.05, 0.1) is 9.36 Å². The lowest BCUT2D eigenvalue weighted by atomic mass is 10.2. The van der Waals surface area contributed by atoms with Crippen molar-refractivity contribution in [2.75, 3.05) is 0 Å². The molecule has 7 heteroatoms. The van der Waals surface area contributed by atoms with E-state index in [4.69, 9.17) is 44.6 Å². The SMILES string of the molecule is O=C(O)c1cc(Cl)cc(Cl)c1OCc1ccc(Cl)s1. The van der Waals surface area contributed by atoms with Crippen LogP contribution >= 0.6 is 46.1 Å². The lowest BCUT2D eigenvalue weighted by Crippen LogP contribution is -2.03. The van der Waals surface area contributed by atoms with Crippen LogP contribution in [-0.4, -0.2) is 11.1 Å². The van der Waals surface area contributed by atoms with Crippen LogP contribution in [0.3, 0.4) is 0 Å². The molecule has 0 radical (unpaired) electrons. The minimum atomic E-state index is -1.15. The van der Waals surface area contributed by atoms with Crippen molar-refractivity contribution in [1.29, 1.82) is 0 Å².